The number of amides is 1. The van der Waals surface area contributed by atoms with Gasteiger partial charge in [0.05, 0.1) is 38.7 Å². The molecule has 0 spiro atoms. The molecule has 3 aromatic carbocycles. The number of phosphoric acid groups is 1. The Labute approximate surface area is 692 Å². The van der Waals surface area contributed by atoms with E-state index >= 15 is 14.2 Å². The predicted molar refractivity (Wildman–Crippen MR) is 439 cm³/mol. The van der Waals surface area contributed by atoms with Crippen molar-refractivity contribution in [1.82, 2.24) is 5.32 Å². The van der Waals surface area contributed by atoms with E-state index in [1.807, 2.05) is 30.3 Å². The standard InChI is InChI=1S/C84H128Cl6NO19P/c1-7-11-15-19-23-25-29-31-40-54-69(103-73(93)56-46-33-27-21-17-13-9-3)58-72(92)91-66(61-99-60-65-48-38-35-39-49-65)62-100-80-76(79(96)102-64-83(85,86)87)78(106-75(95)59-70(55-41-32-30-26-24-20-16-12-8-2)104-74(94)57-47-34-28-22-18-14-10-4)77(71(105-80)63-101-81(97)107-82(5,6)84(88,89)90)110-111(98,108-67-50-42-36-43-51-67)109-68-52-44-37-45-53-68/h35-39,42-45,48-53,66,69-71,76-78,80H,7-34,40-41,46-47,54-64H2,1-6H3,(H,91,92)/t66-,69-,70-,71-,76-,77-,78-,80+/m1/s1. The van der Waals surface area contributed by atoms with Gasteiger partial charge in [0.15, 0.2) is 11.9 Å². The Morgan fingerprint density at radius 3 is 1.37 bits per heavy atom. The number of carbonyl (C=O) groups is 6. The average Bonchev–Trinajstić information content (AvgIpc) is 0.764. The normalized spacial score (nSPS) is 16.9. The van der Waals surface area contributed by atoms with Crippen molar-refractivity contribution in [2.24, 2.45) is 5.92 Å². The fourth-order valence-electron chi connectivity index (χ4n) is 12.7. The number of hydrogen-bond donors (Lipinski definition) is 1. The number of rotatable bonds is 62. The van der Waals surface area contributed by atoms with Crippen LogP contribution in [-0.4, -0.2) is 118 Å². The van der Waals surface area contributed by atoms with E-state index in [0.717, 1.165) is 160 Å². The second kappa shape index (κ2) is 57.7. The number of ether oxygens (including phenoxy) is 9. The van der Waals surface area contributed by atoms with Gasteiger partial charge in [0.25, 0.3) is 0 Å². The second-order valence-corrected chi connectivity index (χ2v) is 35.7. The highest BCUT2D eigenvalue weighted by Crippen LogP contribution is 2.53. The molecule has 1 heterocycles. The Bertz CT molecular complexity index is 3000. The molecular weight excluding hydrogens is 1570 g/mol. The summed E-state index contributed by atoms with van der Waals surface area (Å²) in [5.74, 6) is -5.95. The van der Waals surface area contributed by atoms with Gasteiger partial charge in [-0.05, 0) is 82.2 Å². The molecule has 0 radical (unpaired) electrons. The van der Waals surface area contributed by atoms with Crippen LogP contribution in [-0.2, 0) is 82.3 Å². The predicted octanol–water partition coefficient (Wildman–Crippen LogP) is 23.6. The number of halogens is 6. The molecule has 1 aliphatic rings. The summed E-state index contributed by atoms with van der Waals surface area (Å²) in [5, 5.41) is 3.02. The maximum absolute atomic E-state index is 15.9. The Morgan fingerprint density at radius 2 is 0.928 bits per heavy atom. The van der Waals surface area contributed by atoms with E-state index in [0.29, 0.717) is 32.1 Å². The lowest BCUT2D eigenvalue weighted by molar-refractivity contribution is -0.286. The van der Waals surface area contributed by atoms with Crippen LogP contribution in [0.1, 0.15) is 291 Å². The molecule has 0 saturated carbocycles. The molecule has 1 fully saturated rings. The summed E-state index contributed by atoms with van der Waals surface area (Å²) in [7, 11) is -5.23. The first-order valence-corrected chi connectivity index (χ1v) is 44.7. The van der Waals surface area contributed by atoms with Gasteiger partial charge in [0, 0.05) is 12.8 Å². The molecule has 0 aliphatic carbocycles. The van der Waals surface area contributed by atoms with Gasteiger partial charge in [-0.25, -0.2) is 9.36 Å². The maximum Gasteiger partial charge on any atom is 0.588 e. The van der Waals surface area contributed by atoms with Gasteiger partial charge in [0.2, 0.25) is 13.5 Å². The SMILES string of the molecule is CCCCCCCCCCC[C@H](CC(=O)N[C@H](COCc1ccccc1)CO[C@H]1O[C@H](COC(=O)OC(C)(C)C(Cl)(Cl)Cl)[C@@H](OP(=O)(Oc2ccccc2)Oc2ccccc2)[C@H](OC(=O)C[C@@H](CCCCCCCCCCC)OC(=O)CCCCCCCCC)[C@@H]1C(=O)OCC(Cl)(Cl)Cl)OC(=O)CCCCCCCCC. The quantitative estimate of drug-likeness (QED) is 0.0181. The lowest BCUT2D eigenvalue weighted by atomic mass is 9.90. The summed E-state index contributed by atoms with van der Waals surface area (Å²) in [6.07, 6.45) is 21.0. The van der Waals surface area contributed by atoms with Crippen molar-refractivity contribution in [3.8, 4) is 11.5 Å². The van der Waals surface area contributed by atoms with Gasteiger partial charge in [-0.15, -0.1) is 0 Å². The lowest BCUT2D eigenvalue weighted by Crippen LogP contribution is -2.61. The molecule has 111 heavy (non-hydrogen) atoms. The highest BCUT2D eigenvalue weighted by molar-refractivity contribution is 7.49. The van der Waals surface area contributed by atoms with E-state index in [2.05, 4.69) is 33.0 Å². The first-order valence-electron chi connectivity index (χ1n) is 41.0. The first-order chi connectivity index (χ1) is 53.3. The molecule has 3 aromatic rings. The smallest absolute Gasteiger partial charge is 0.462 e. The van der Waals surface area contributed by atoms with Crippen molar-refractivity contribution in [3.05, 3.63) is 96.6 Å². The van der Waals surface area contributed by atoms with Crippen LogP contribution in [0.2, 0.25) is 0 Å². The summed E-state index contributed by atoms with van der Waals surface area (Å²) in [4.78, 5) is 87.0. The summed E-state index contributed by atoms with van der Waals surface area (Å²) in [5.41, 5.74) is -1.05. The molecular formula is C84H128Cl6NO19P. The molecule has 1 N–H and O–H groups in total. The van der Waals surface area contributed by atoms with Crippen molar-refractivity contribution in [2.45, 2.75) is 348 Å². The Balaban J connectivity index is 1.90. The largest absolute Gasteiger partial charge is 0.588 e. The zero-order chi connectivity index (χ0) is 81.0. The number of alkyl halides is 6. The number of benzene rings is 3. The van der Waals surface area contributed by atoms with Crippen LogP contribution in [0.25, 0.3) is 0 Å². The molecule has 27 heteroatoms. The van der Waals surface area contributed by atoms with E-state index < -0.39 is 132 Å². The van der Waals surface area contributed by atoms with E-state index in [1.165, 1.54) is 63.8 Å². The van der Waals surface area contributed by atoms with Crippen molar-refractivity contribution in [3.63, 3.8) is 0 Å². The van der Waals surface area contributed by atoms with Gasteiger partial charge < -0.3 is 57.0 Å². The third-order valence-electron chi connectivity index (χ3n) is 19.0. The summed E-state index contributed by atoms with van der Waals surface area (Å²) < 4.78 is 85.9. The number of phosphoric ester groups is 1. The van der Waals surface area contributed by atoms with Crippen LogP contribution in [0.3, 0.4) is 0 Å². The molecule has 0 bridgehead atoms. The van der Waals surface area contributed by atoms with Crippen LogP contribution in [0.5, 0.6) is 11.5 Å². The molecule has 1 amide bonds. The maximum atomic E-state index is 15.9. The average molecular weight is 1700 g/mol. The number of unbranched alkanes of at least 4 members (excludes halogenated alkanes) is 28. The first kappa shape index (κ1) is 99.1. The Kier molecular flexibility index (Phi) is 51.5. The third-order valence-corrected chi connectivity index (χ3v) is 22.1. The van der Waals surface area contributed by atoms with Crippen LogP contribution in [0.4, 0.5) is 4.79 Å². The van der Waals surface area contributed by atoms with Crippen molar-refractivity contribution >= 4 is 113 Å². The minimum absolute atomic E-state index is 0.0381. The van der Waals surface area contributed by atoms with Gasteiger partial charge >= 0.3 is 37.9 Å². The van der Waals surface area contributed by atoms with Gasteiger partial charge in [-0.2, -0.15) is 0 Å². The molecule has 8 atom stereocenters. The van der Waals surface area contributed by atoms with Crippen LogP contribution in [0.15, 0.2) is 91.0 Å². The molecule has 1 saturated heterocycles. The second-order valence-electron chi connectivity index (χ2n) is 29.5. The monoisotopic (exact) mass is 1700 g/mol. The molecule has 4 rings (SSSR count). The van der Waals surface area contributed by atoms with Gasteiger partial charge in [-0.3, -0.25) is 28.5 Å². The fourth-order valence-corrected chi connectivity index (χ4v) is 14.4. The van der Waals surface area contributed by atoms with Crippen molar-refractivity contribution < 1.29 is 89.5 Å². The molecule has 0 aromatic heterocycles. The molecule has 630 valence electrons. The minimum Gasteiger partial charge on any atom is -0.462 e. The van der Waals surface area contributed by atoms with Crippen LogP contribution >= 0.6 is 77.4 Å². The summed E-state index contributed by atoms with van der Waals surface area (Å²) in [6, 6.07) is 23.8. The van der Waals surface area contributed by atoms with Crippen molar-refractivity contribution in [2.75, 3.05) is 26.4 Å². The summed E-state index contributed by atoms with van der Waals surface area (Å²) in [6.45, 7) is 8.73. The molecule has 1 aliphatic heterocycles. The topological polar surface area (TPSA) is 242 Å². The van der Waals surface area contributed by atoms with Crippen molar-refractivity contribution in [1.29, 1.82) is 0 Å². The van der Waals surface area contributed by atoms with Crippen LogP contribution in [0, 0.1) is 5.92 Å². The molecule has 20 nitrogen and oxygen atoms in total. The van der Waals surface area contributed by atoms with Crippen LogP contribution < -0.4 is 14.4 Å². The zero-order valence-corrected chi connectivity index (χ0v) is 72.1. The minimum atomic E-state index is -5.23. The van der Waals surface area contributed by atoms with E-state index in [-0.39, 0.29) is 50.4 Å². The Hall–Kier alpha value is -4.31. The van der Waals surface area contributed by atoms with Gasteiger partial charge in [-0.1, -0.05) is 344 Å². The fraction of sp³-hybridized carbons (Fsp3) is 0.714. The number of nitrogens with one attached hydrogen (secondary N) is 1. The third kappa shape index (κ3) is 45.1. The highest BCUT2D eigenvalue weighted by atomic mass is 35.6. The lowest BCUT2D eigenvalue weighted by Gasteiger charge is -2.44. The number of para-hydroxylation sites is 2. The highest BCUT2D eigenvalue weighted by Gasteiger charge is 2.58. The van der Waals surface area contributed by atoms with E-state index in [9.17, 15) is 19.2 Å². The number of esters is 4. The molecule has 0 unspecified atom stereocenters. The van der Waals surface area contributed by atoms with E-state index in [4.69, 9.17) is 126 Å². The Morgan fingerprint density at radius 1 is 0.505 bits per heavy atom. The summed E-state index contributed by atoms with van der Waals surface area (Å²) >= 11 is 37.7. The van der Waals surface area contributed by atoms with Gasteiger partial charge in [0.1, 0.15) is 61.2 Å². The zero-order valence-electron chi connectivity index (χ0n) is 66.7. The van der Waals surface area contributed by atoms with E-state index in [1.54, 1.807) is 36.4 Å². The number of hydrogen-bond acceptors (Lipinski definition) is 19. The number of carbonyl (C=O) groups excluding carboxylic acids is 6.